The fraction of sp³-hybridized carbons (Fsp3) is 0.364. The van der Waals surface area contributed by atoms with Gasteiger partial charge in [0.1, 0.15) is 6.29 Å². The minimum Gasteiger partial charge on any atom is -0.387 e. The predicted molar refractivity (Wildman–Crippen MR) is 160 cm³/mol. The van der Waals surface area contributed by atoms with Crippen LogP contribution in [-0.2, 0) is 9.59 Å². The maximum Gasteiger partial charge on any atom is 0.256 e. The minimum absolute atomic E-state index is 0.0163. The first-order valence-electron chi connectivity index (χ1n) is 14.2. The van der Waals surface area contributed by atoms with Crippen LogP contribution in [0.4, 0.5) is 0 Å². The number of nitrogens with zero attached hydrogens (tertiary/aromatic N) is 2. The number of para-hydroxylation sites is 1. The van der Waals surface area contributed by atoms with Gasteiger partial charge in [0, 0.05) is 62.4 Å². The molecule has 1 aliphatic heterocycles. The summed E-state index contributed by atoms with van der Waals surface area (Å²) >= 11 is 0. The van der Waals surface area contributed by atoms with Crippen molar-refractivity contribution in [1.82, 2.24) is 20.1 Å². The van der Waals surface area contributed by atoms with Gasteiger partial charge in [0.15, 0.2) is 0 Å². The summed E-state index contributed by atoms with van der Waals surface area (Å²) in [6.45, 7) is 1.23. The molecule has 2 fully saturated rings. The lowest BCUT2D eigenvalue weighted by Crippen LogP contribution is -2.63. The Kier molecular flexibility index (Phi) is 8.13. The summed E-state index contributed by atoms with van der Waals surface area (Å²) in [6.07, 6.45) is 9.68. The highest BCUT2D eigenvalue weighted by atomic mass is 16.3. The molecule has 8 heteroatoms. The lowest BCUT2D eigenvalue weighted by molar-refractivity contribution is -0.133. The van der Waals surface area contributed by atoms with Crippen molar-refractivity contribution in [2.75, 3.05) is 33.7 Å². The van der Waals surface area contributed by atoms with Crippen molar-refractivity contribution in [2.24, 2.45) is 5.41 Å². The minimum atomic E-state index is -1.05. The van der Waals surface area contributed by atoms with E-state index in [0.29, 0.717) is 49.1 Å². The molecule has 1 aromatic heterocycles. The number of aliphatic hydroxyl groups is 1. The number of aromatic amines is 1. The Balaban J connectivity index is 1.41. The van der Waals surface area contributed by atoms with Crippen LogP contribution in [0.1, 0.15) is 48.0 Å². The van der Waals surface area contributed by atoms with Gasteiger partial charge in [-0.25, -0.2) is 0 Å². The molecular formula is C33H38N4O4. The fourth-order valence-electron chi connectivity index (χ4n) is 6.78. The number of hydrogen-bond acceptors (Lipinski definition) is 5. The molecule has 41 heavy (non-hydrogen) atoms. The number of carbonyl (C=O) groups excluding carboxylic acids is 3. The van der Waals surface area contributed by atoms with E-state index in [9.17, 15) is 19.5 Å². The molecule has 1 saturated heterocycles. The molecule has 2 aromatic carbocycles. The third-order valence-corrected chi connectivity index (χ3v) is 8.89. The SMILES string of the molecule is CNC(=O)C(=C/N(C)CC1(O)CCN(C(=O)c2c[nH]c3ccccc23)CC12CCCC2)/C(=C\C=O)c1ccccc1. The molecule has 0 bridgehead atoms. The van der Waals surface area contributed by atoms with Crippen molar-refractivity contribution in [3.05, 3.63) is 89.8 Å². The lowest BCUT2D eigenvalue weighted by Gasteiger charge is -2.53. The van der Waals surface area contributed by atoms with E-state index in [1.165, 1.54) is 6.08 Å². The van der Waals surface area contributed by atoms with Gasteiger partial charge in [-0.15, -0.1) is 0 Å². The van der Waals surface area contributed by atoms with Gasteiger partial charge >= 0.3 is 0 Å². The van der Waals surface area contributed by atoms with Crippen LogP contribution in [0.15, 0.2) is 78.6 Å². The standard InChI is InChI=1S/C33H38N4O4/c1-34-30(39)28(25(14-19-38)24-10-4-3-5-11-24)21-36(2)23-33(41)17-18-37(22-32(33)15-8-9-16-32)31(40)27-20-35-29-13-7-6-12-26(27)29/h3-7,10-14,19-21,35,41H,8-9,15-18,22-23H2,1-2H3,(H,34,39)/b25-14-,28-21+. The van der Waals surface area contributed by atoms with E-state index in [-0.39, 0.29) is 11.8 Å². The molecule has 5 rings (SSSR count). The van der Waals surface area contributed by atoms with Gasteiger partial charge in [0.05, 0.1) is 16.7 Å². The maximum absolute atomic E-state index is 13.7. The Morgan fingerprint density at radius 1 is 1.07 bits per heavy atom. The first kappa shape index (κ1) is 28.4. The Hall–Kier alpha value is -4.17. The molecule has 1 aliphatic carbocycles. The molecule has 1 spiro atoms. The van der Waals surface area contributed by atoms with Crippen molar-refractivity contribution in [3.8, 4) is 0 Å². The fourth-order valence-corrected chi connectivity index (χ4v) is 6.78. The first-order valence-corrected chi connectivity index (χ1v) is 14.2. The maximum atomic E-state index is 13.7. The van der Waals surface area contributed by atoms with Crippen molar-refractivity contribution in [1.29, 1.82) is 0 Å². The molecule has 0 radical (unpaired) electrons. The number of rotatable bonds is 8. The van der Waals surface area contributed by atoms with Gasteiger partial charge in [-0.2, -0.15) is 0 Å². The van der Waals surface area contributed by atoms with Crippen molar-refractivity contribution in [2.45, 2.75) is 37.7 Å². The molecule has 2 aliphatic rings. The van der Waals surface area contributed by atoms with Gasteiger partial charge < -0.3 is 25.2 Å². The van der Waals surface area contributed by atoms with Crippen LogP contribution in [0, 0.1) is 5.41 Å². The number of likely N-dealkylation sites (N-methyl/N-ethyl adjacent to an activating group) is 2. The van der Waals surface area contributed by atoms with Crippen LogP contribution in [0.3, 0.4) is 0 Å². The zero-order chi connectivity index (χ0) is 29.0. The van der Waals surface area contributed by atoms with E-state index in [2.05, 4.69) is 10.3 Å². The van der Waals surface area contributed by atoms with Crippen LogP contribution in [0.25, 0.3) is 16.5 Å². The van der Waals surface area contributed by atoms with E-state index in [4.69, 9.17) is 0 Å². The number of carbonyl (C=O) groups is 3. The number of fused-ring (bicyclic) bond motifs is 1. The monoisotopic (exact) mass is 554 g/mol. The third-order valence-electron chi connectivity index (χ3n) is 8.89. The number of likely N-dealkylation sites (tertiary alicyclic amines) is 1. The van der Waals surface area contributed by atoms with Gasteiger partial charge in [-0.05, 0) is 42.5 Å². The zero-order valence-corrected chi connectivity index (χ0v) is 23.7. The van der Waals surface area contributed by atoms with E-state index in [0.717, 1.165) is 42.1 Å². The average molecular weight is 555 g/mol. The number of allylic oxidation sites excluding steroid dienone is 1. The van der Waals surface area contributed by atoms with Crippen molar-refractivity contribution in [3.63, 3.8) is 0 Å². The Morgan fingerprint density at radius 2 is 1.78 bits per heavy atom. The molecule has 2 amide bonds. The van der Waals surface area contributed by atoms with E-state index in [1.807, 2.05) is 71.4 Å². The second-order valence-electron chi connectivity index (χ2n) is 11.4. The summed E-state index contributed by atoms with van der Waals surface area (Å²) in [4.78, 5) is 45.2. The Bertz CT molecular complexity index is 1490. The number of nitrogens with one attached hydrogen (secondary N) is 2. The summed E-state index contributed by atoms with van der Waals surface area (Å²) < 4.78 is 0. The van der Waals surface area contributed by atoms with Crippen molar-refractivity contribution >= 4 is 34.6 Å². The number of aldehydes is 1. The van der Waals surface area contributed by atoms with E-state index < -0.39 is 11.0 Å². The molecule has 8 nitrogen and oxygen atoms in total. The van der Waals surface area contributed by atoms with Gasteiger partial charge in [-0.1, -0.05) is 61.4 Å². The number of benzene rings is 2. The summed E-state index contributed by atoms with van der Waals surface area (Å²) in [5.41, 5.74) is 1.68. The topological polar surface area (TPSA) is 106 Å². The number of hydrogen-bond donors (Lipinski definition) is 3. The van der Waals surface area contributed by atoms with Crippen LogP contribution in [0.2, 0.25) is 0 Å². The summed E-state index contributed by atoms with van der Waals surface area (Å²) in [5, 5.41) is 15.9. The van der Waals surface area contributed by atoms with Gasteiger partial charge in [-0.3, -0.25) is 14.4 Å². The smallest absolute Gasteiger partial charge is 0.256 e. The van der Waals surface area contributed by atoms with Crippen LogP contribution in [-0.4, -0.2) is 77.3 Å². The highest BCUT2D eigenvalue weighted by molar-refractivity contribution is 6.11. The van der Waals surface area contributed by atoms with Crippen molar-refractivity contribution < 1.29 is 19.5 Å². The second kappa shape index (κ2) is 11.7. The summed E-state index contributed by atoms with van der Waals surface area (Å²) in [6, 6.07) is 17.1. The number of H-pyrrole nitrogens is 1. The molecular weight excluding hydrogens is 516 g/mol. The number of piperidine rings is 1. The summed E-state index contributed by atoms with van der Waals surface area (Å²) in [5.74, 6) is -0.340. The molecule has 1 saturated carbocycles. The van der Waals surface area contributed by atoms with E-state index in [1.54, 1.807) is 19.4 Å². The lowest BCUT2D eigenvalue weighted by atomic mass is 9.65. The number of aromatic nitrogens is 1. The van der Waals surface area contributed by atoms with Crippen LogP contribution < -0.4 is 5.32 Å². The third kappa shape index (κ3) is 5.44. The largest absolute Gasteiger partial charge is 0.387 e. The zero-order valence-electron chi connectivity index (χ0n) is 23.7. The van der Waals surface area contributed by atoms with Gasteiger partial charge in [0.2, 0.25) is 0 Å². The molecule has 214 valence electrons. The average Bonchev–Trinajstić information content (AvgIpc) is 3.64. The highest BCUT2D eigenvalue weighted by Gasteiger charge is 2.55. The van der Waals surface area contributed by atoms with Crippen LogP contribution >= 0.6 is 0 Å². The predicted octanol–water partition coefficient (Wildman–Crippen LogP) is 4.15. The Morgan fingerprint density at radius 3 is 2.49 bits per heavy atom. The molecule has 3 aromatic rings. The number of amides is 2. The molecule has 2 heterocycles. The van der Waals surface area contributed by atoms with Crippen LogP contribution in [0.5, 0.6) is 0 Å². The molecule has 1 atom stereocenters. The van der Waals surface area contributed by atoms with E-state index >= 15 is 0 Å². The highest BCUT2D eigenvalue weighted by Crippen LogP contribution is 2.51. The summed E-state index contributed by atoms with van der Waals surface area (Å²) in [7, 11) is 3.40. The second-order valence-corrected chi connectivity index (χ2v) is 11.4. The molecule has 3 N–H and O–H groups in total. The quantitative estimate of drug-likeness (QED) is 0.220. The molecule has 1 unspecified atom stereocenters. The van der Waals surface area contributed by atoms with Gasteiger partial charge in [0.25, 0.3) is 11.8 Å². The normalized spacial score (nSPS) is 20.8. The first-order chi connectivity index (χ1) is 19.8. The Labute approximate surface area is 240 Å².